The summed E-state index contributed by atoms with van der Waals surface area (Å²) in [7, 11) is 3.02. The summed E-state index contributed by atoms with van der Waals surface area (Å²) < 4.78 is 10.6. The maximum Gasteiger partial charge on any atom is 0.282 e. The summed E-state index contributed by atoms with van der Waals surface area (Å²) in [5.74, 6) is 0.00879. The molecule has 0 fully saturated rings. The van der Waals surface area contributed by atoms with Gasteiger partial charge in [-0.3, -0.25) is 9.59 Å². The lowest BCUT2D eigenvalue weighted by Crippen LogP contribution is -2.32. The number of imide groups is 1. The quantitative estimate of drug-likeness (QED) is 0.534. The van der Waals surface area contributed by atoms with Crippen molar-refractivity contribution >= 4 is 40.4 Å². The molecule has 3 aromatic rings. The lowest BCUT2D eigenvalue weighted by atomic mass is 10.0. The molecule has 1 aliphatic heterocycles. The summed E-state index contributed by atoms with van der Waals surface area (Å²) in [5, 5.41) is 3.72. The molecule has 0 aliphatic carbocycles. The number of methoxy groups -OCH3 is 2. The molecule has 0 atom stereocenters. The van der Waals surface area contributed by atoms with Crippen molar-refractivity contribution in [2.24, 2.45) is 0 Å². The van der Waals surface area contributed by atoms with Gasteiger partial charge in [0.1, 0.15) is 5.70 Å². The summed E-state index contributed by atoms with van der Waals surface area (Å²) in [5.41, 5.74) is 2.91. The average Bonchev–Trinajstić information content (AvgIpc) is 3.06. The van der Waals surface area contributed by atoms with Crippen molar-refractivity contribution in [2.45, 2.75) is 6.92 Å². The van der Waals surface area contributed by atoms with Gasteiger partial charge in [0.25, 0.3) is 11.8 Å². The first-order chi connectivity index (χ1) is 15.5. The van der Waals surface area contributed by atoms with E-state index in [0.29, 0.717) is 33.5 Å². The van der Waals surface area contributed by atoms with Crippen LogP contribution in [0.1, 0.15) is 11.1 Å². The van der Waals surface area contributed by atoms with Gasteiger partial charge in [-0.05, 0) is 42.3 Å². The highest BCUT2D eigenvalue weighted by atomic mass is 35.5. The fourth-order valence-electron chi connectivity index (χ4n) is 3.59. The van der Waals surface area contributed by atoms with Crippen LogP contribution in [0.4, 0.5) is 11.4 Å². The maximum atomic E-state index is 13.5. The average molecular weight is 449 g/mol. The van der Waals surface area contributed by atoms with Crippen molar-refractivity contribution in [3.05, 3.63) is 88.6 Å². The number of carbonyl (C=O) groups excluding carboxylic acids is 2. The van der Waals surface area contributed by atoms with E-state index in [9.17, 15) is 9.59 Å². The molecule has 3 aromatic carbocycles. The topological polar surface area (TPSA) is 67.9 Å². The van der Waals surface area contributed by atoms with Crippen molar-refractivity contribution in [3.63, 3.8) is 0 Å². The predicted octanol–water partition coefficient (Wildman–Crippen LogP) is 5.06. The van der Waals surface area contributed by atoms with Gasteiger partial charge in [-0.15, -0.1) is 0 Å². The number of hydrogen-bond acceptors (Lipinski definition) is 5. The van der Waals surface area contributed by atoms with E-state index in [0.717, 1.165) is 10.5 Å². The Kier molecular flexibility index (Phi) is 5.88. The zero-order valence-corrected chi connectivity index (χ0v) is 18.6. The van der Waals surface area contributed by atoms with Crippen LogP contribution in [-0.2, 0) is 9.59 Å². The van der Waals surface area contributed by atoms with E-state index in [-0.39, 0.29) is 11.3 Å². The molecule has 162 valence electrons. The second-order valence-corrected chi connectivity index (χ2v) is 7.55. The first-order valence-corrected chi connectivity index (χ1v) is 10.3. The molecule has 0 radical (unpaired) electrons. The zero-order valence-electron chi connectivity index (χ0n) is 17.8. The molecule has 2 amide bonds. The molecule has 1 N–H and O–H groups in total. The van der Waals surface area contributed by atoms with Crippen molar-refractivity contribution in [3.8, 4) is 11.5 Å². The maximum absolute atomic E-state index is 13.5. The van der Waals surface area contributed by atoms with Gasteiger partial charge in [0.05, 0.1) is 25.5 Å². The van der Waals surface area contributed by atoms with Crippen LogP contribution in [-0.4, -0.2) is 26.0 Å². The summed E-state index contributed by atoms with van der Waals surface area (Å²) >= 11 is 6.26. The van der Waals surface area contributed by atoms with Gasteiger partial charge in [0, 0.05) is 16.8 Å². The molecule has 1 heterocycles. The highest BCUT2D eigenvalue weighted by molar-refractivity contribution is 6.46. The van der Waals surface area contributed by atoms with Crippen LogP contribution in [0.2, 0.25) is 5.02 Å². The Labute approximate surface area is 191 Å². The molecular formula is C25H21ClN2O4. The van der Waals surface area contributed by atoms with E-state index in [1.54, 1.807) is 42.5 Å². The van der Waals surface area contributed by atoms with Crippen LogP contribution in [0.3, 0.4) is 0 Å². The molecule has 6 nitrogen and oxygen atoms in total. The Morgan fingerprint density at radius 1 is 0.844 bits per heavy atom. The molecule has 0 bridgehead atoms. The molecule has 4 rings (SSSR count). The fraction of sp³-hybridized carbons (Fsp3) is 0.120. The number of nitrogens with one attached hydrogen (secondary N) is 1. The Hall–Kier alpha value is -3.77. The van der Waals surface area contributed by atoms with Gasteiger partial charge in [-0.1, -0.05) is 48.0 Å². The molecule has 0 spiro atoms. The van der Waals surface area contributed by atoms with Gasteiger partial charge in [0.2, 0.25) is 0 Å². The van der Waals surface area contributed by atoms with Gasteiger partial charge in [-0.2, -0.15) is 0 Å². The molecule has 32 heavy (non-hydrogen) atoms. The molecule has 0 unspecified atom stereocenters. The first-order valence-electron chi connectivity index (χ1n) is 9.89. The Morgan fingerprint density at radius 2 is 1.56 bits per heavy atom. The lowest BCUT2D eigenvalue weighted by molar-refractivity contribution is -0.120. The summed E-state index contributed by atoms with van der Waals surface area (Å²) in [6, 6.07) is 19.4. The molecule has 0 saturated heterocycles. The minimum atomic E-state index is -0.472. The van der Waals surface area contributed by atoms with Crippen molar-refractivity contribution in [1.82, 2.24) is 0 Å². The largest absolute Gasteiger partial charge is 0.493 e. The Morgan fingerprint density at radius 3 is 2.25 bits per heavy atom. The van der Waals surface area contributed by atoms with E-state index < -0.39 is 11.8 Å². The SMILES string of the molecule is COc1ccc(N2C(=O)C(Nc3cccc(Cl)c3C)=C(c3ccccc3)C2=O)cc1OC. The van der Waals surface area contributed by atoms with E-state index in [1.807, 2.05) is 31.2 Å². The number of nitrogens with zero attached hydrogens (tertiary/aromatic N) is 1. The monoisotopic (exact) mass is 448 g/mol. The predicted molar refractivity (Wildman–Crippen MR) is 125 cm³/mol. The Bertz CT molecular complexity index is 1240. The second-order valence-electron chi connectivity index (χ2n) is 7.14. The van der Waals surface area contributed by atoms with E-state index in [2.05, 4.69) is 5.32 Å². The summed E-state index contributed by atoms with van der Waals surface area (Å²) in [6.45, 7) is 1.85. The standard InChI is InChI=1S/C25H21ClN2O4/c1-15-18(26)10-7-11-19(15)27-23-22(16-8-5-4-6-9-16)24(29)28(25(23)30)17-12-13-20(31-2)21(14-17)32-3/h4-14,27H,1-3H3. The number of benzene rings is 3. The zero-order chi connectivity index (χ0) is 22.8. The van der Waals surface area contributed by atoms with Crippen LogP contribution in [0, 0.1) is 6.92 Å². The number of hydrogen-bond donors (Lipinski definition) is 1. The van der Waals surface area contributed by atoms with Gasteiger partial charge >= 0.3 is 0 Å². The van der Waals surface area contributed by atoms with Crippen LogP contribution in [0.25, 0.3) is 5.57 Å². The molecular weight excluding hydrogens is 428 g/mol. The van der Waals surface area contributed by atoms with Crippen LogP contribution < -0.4 is 19.7 Å². The molecule has 0 saturated carbocycles. The number of ether oxygens (including phenoxy) is 2. The van der Waals surface area contributed by atoms with E-state index in [1.165, 1.54) is 14.2 Å². The highest BCUT2D eigenvalue weighted by Gasteiger charge is 2.40. The van der Waals surface area contributed by atoms with Crippen molar-refractivity contribution in [2.75, 3.05) is 24.4 Å². The van der Waals surface area contributed by atoms with E-state index in [4.69, 9.17) is 21.1 Å². The summed E-state index contributed by atoms with van der Waals surface area (Å²) in [4.78, 5) is 28.2. The number of rotatable bonds is 6. The van der Waals surface area contributed by atoms with Gasteiger partial charge in [0.15, 0.2) is 11.5 Å². The molecule has 7 heteroatoms. The smallest absolute Gasteiger partial charge is 0.282 e. The highest BCUT2D eigenvalue weighted by Crippen LogP contribution is 2.38. The number of halogens is 1. The normalized spacial score (nSPS) is 13.6. The third-order valence-electron chi connectivity index (χ3n) is 5.30. The van der Waals surface area contributed by atoms with Crippen LogP contribution >= 0.6 is 11.6 Å². The van der Waals surface area contributed by atoms with Crippen LogP contribution in [0.15, 0.2) is 72.4 Å². The fourth-order valence-corrected chi connectivity index (χ4v) is 3.77. The van der Waals surface area contributed by atoms with Gasteiger partial charge in [-0.25, -0.2) is 4.90 Å². The minimum Gasteiger partial charge on any atom is -0.493 e. The Balaban J connectivity index is 1.83. The number of amides is 2. The minimum absolute atomic E-state index is 0.182. The van der Waals surface area contributed by atoms with Gasteiger partial charge < -0.3 is 14.8 Å². The van der Waals surface area contributed by atoms with Crippen molar-refractivity contribution in [1.29, 1.82) is 0 Å². The van der Waals surface area contributed by atoms with Crippen LogP contribution in [0.5, 0.6) is 11.5 Å². The third kappa shape index (κ3) is 3.69. The summed E-state index contributed by atoms with van der Waals surface area (Å²) in [6.07, 6.45) is 0. The number of carbonyl (C=O) groups is 2. The van der Waals surface area contributed by atoms with E-state index >= 15 is 0 Å². The first kappa shape index (κ1) is 21.5. The van der Waals surface area contributed by atoms with Crippen molar-refractivity contribution < 1.29 is 19.1 Å². The lowest BCUT2D eigenvalue weighted by Gasteiger charge is -2.18. The second kappa shape index (κ2) is 8.77. The third-order valence-corrected chi connectivity index (χ3v) is 5.71. The molecule has 1 aliphatic rings. The number of anilines is 2. The molecule has 0 aromatic heterocycles.